The molecular weight excluding hydrogens is 539 g/mol. The van der Waals surface area contributed by atoms with E-state index in [1.54, 1.807) is 5.48 Å². The molecule has 0 bridgehead atoms. The summed E-state index contributed by atoms with van der Waals surface area (Å²) < 4.78 is 69.6. The van der Waals surface area contributed by atoms with Crippen LogP contribution < -0.4 is 10.2 Å². The normalized spacial score (nSPS) is 18.3. The Morgan fingerprint density at radius 1 is 1.03 bits per heavy atom. The van der Waals surface area contributed by atoms with Crippen LogP contribution in [0.3, 0.4) is 0 Å². The third-order valence-electron chi connectivity index (χ3n) is 7.07. The summed E-state index contributed by atoms with van der Waals surface area (Å²) in [7, 11) is -3.92. The van der Waals surface area contributed by atoms with Crippen LogP contribution in [0.4, 0.5) is 13.2 Å². The minimum atomic E-state index is -4.91. The van der Waals surface area contributed by atoms with E-state index in [9.17, 15) is 36.4 Å². The summed E-state index contributed by atoms with van der Waals surface area (Å²) in [5.74, 6) is -2.55. The van der Waals surface area contributed by atoms with Crippen molar-refractivity contribution in [1.29, 1.82) is 0 Å². The van der Waals surface area contributed by atoms with Gasteiger partial charge in [-0.25, -0.2) is 13.9 Å². The van der Waals surface area contributed by atoms with Gasteiger partial charge in [-0.1, -0.05) is 42.5 Å². The van der Waals surface area contributed by atoms with E-state index < -0.39 is 45.1 Å². The number of amides is 2. The molecule has 1 fully saturated rings. The largest absolute Gasteiger partial charge is 0.573 e. The highest BCUT2D eigenvalue weighted by molar-refractivity contribution is 7.89. The number of ether oxygens (including phenoxy) is 1. The fourth-order valence-electron chi connectivity index (χ4n) is 4.96. The number of nitrogens with one attached hydrogen (secondary N) is 1. The van der Waals surface area contributed by atoms with Gasteiger partial charge in [-0.3, -0.25) is 14.8 Å². The fraction of sp³-hybridized carbons (Fsp3) is 0.385. The highest BCUT2D eigenvalue weighted by Gasteiger charge is 2.47. The molecule has 210 valence electrons. The number of piperidine rings is 1. The van der Waals surface area contributed by atoms with E-state index in [1.807, 2.05) is 36.4 Å². The molecule has 13 heteroatoms. The molecule has 0 atom stereocenters. The summed E-state index contributed by atoms with van der Waals surface area (Å²) in [6, 6.07) is 14.2. The van der Waals surface area contributed by atoms with Crippen molar-refractivity contribution < 1.29 is 41.1 Å². The molecule has 0 aliphatic carbocycles. The fourth-order valence-corrected chi connectivity index (χ4v) is 6.93. The zero-order valence-electron chi connectivity index (χ0n) is 20.9. The van der Waals surface area contributed by atoms with E-state index in [0.29, 0.717) is 6.42 Å². The zero-order valence-corrected chi connectivity index (χ0v) is 21.7. The van der Waals surface area contributed by atoms with Gasteiger partial charge < -0.3 is 9.64 Å². The van der Waals surface area contributed by atoms with Crippen LogP contribution in [0.1, 0.15) is 35.2 Å². The average molecular weight is 568 g/mol. The Bertz CT molecular complexity index is 1340. The number of carbonyl (C=O) groups excluding carboxylic acids is 2. The van der Waals surface area contributed by atoms with Crippen molar-refractivity contribution in [3.05, 3.63) is 71.8 Å². The second kappa shape index (κ2) is 11.4. The van der Waals surface area contributed by atoms with Crippen LogP contribution in [0.25, 0.3) is 5.57 Å². The van der Waals surface area contributed by atoms with Gasteiger partial charge in [0.15, 0.2) is 0 Å². The number of halogens is 3. The number of hydrogen-bond acceptors (Lipinski definition) is 6. The Balaban J connectivity index is 1.44. The molecule has 2 heterocycles. The molecule has 0 radical (unpaired) electrons. The summed E-state index contributed by atoms with van der Waals surface area (Å²) in [5.41, 5.74) is 2.08. The SMILES string of the molecule is O=C(c1cccc(OC(F)(F)F)c1)N1CCC(CS(=O)(=O)N2CC=C(c3ccccc3)CC2)(C(=O)NO)CC1. The van der Waals surface area contributed by atoms with E-state index in [1.165, 1.54) is 21.3 Å². The lowest BCUT2D eigenvalue weighted by atomic mass is 9.79. The quantitative estimate of drug-likeness (QED) is 0.391. The van der Waals surface area contributed by atoms with Crippen molar-refractivity contribution in [2.75, 3.05) is 31.9 Å². The molecule has 0 aromatic heterocycles. The maximum absolute atomic E-state index is 13.4. The Hall–Kier alpha value is -3.42. The molecule has 39 heavy (non-hydrogen) atoms. The molecule has 2 amide bonds. The van der Waals surface area contributed by atoms with Crippen LogP contribution in [0.2, 0.25) is 0 Å². The van der Waals surface area contributed by atoms with Crippen LogP contribution in [0.15, 0.2) is 60.7 Å². The van der Waals surface area contributed by atoms with Crippen molar-refractivity contribution in [3.8, 4) is 5.75 Å². The van der Waals surface area contributed by atoms with E-state index in [4.69, 9.17) is 0 Å². The minimum Gasteiger partial charge on any atom is -0.406 e. The first-order chi connectivity index (χ1) is 18.4. The van der Waals surface area contributed by atoms with Gasteiger partial charge in [0.05, 0.1) is 11.2 Å². The number of rotatable bonds is 7. The zero-order chi connectivity index (χ0) is 28.3. The van der Waals surface area contributed by atoms with E-state index in [-0.39, 0.29) is 44.6 Å². The lowest BCUT2D eigenvalue weighted by molar-refractivity contribution is -0.274. The predicted octanol–water partition coefficient (Wildman–Crippen LogP) is 3.43. The molecule has 0 saturated carbocycles. The summed E-state index contributed by atoms with van der Waals surface area (Å²) in [6.45, 7) is 0.305. The minimum absolute atomic E-state index is 0.0375. The Morgan fingerprint density at radius 3 is 2.31 bits per heavy atom. The molecule has 2 N–H and O–H groups in total. The van der Waals surface area contributed by atoms with Crippen LogP contribution >= 0.6 is 0 Å². The summed E-state index contributed by atoms with van der Waals surface area (Å²) in [5, 5.41) is 9.39. The van der Waals surface area contributed by atoms with Gasteiger partial charge in [0, 0.05) is 31.7 Å². The van der Waals surface area contributed by atoms with Crippen molar-refractivity contribution in [1.82, 2.24) is 14.7 Å². The van der Waals surface area contributed by atoms with Crippen LogP contribution in [-0.4, -0.2) is 72.9 Å². The third-order valence-corrected chi connectivity index (χ3v) is 9.11. The molecule has 2 aromatic rings. The number of hydroxylamine groups is 1. The Morgan fingerprint density at radius 2 is 1.72 bits per heavy atom. The molecule has 2 aliphatic heterocycles. The number of alkyl halides is 3. The van der Waals surface area contributed by atoms with Gasteiger partial charge in [0.1, 0.15) is 5.75 Å². The summed E-state index contributed by atoms with van der Waals surface area (Å²) in [4.78, 5) is 27.0. The first kappa shape index (κ1) is 28.6. The van der Waals surface area contributed by atoms with E-state index in [2.05, 4.69) is 4.74 Å². The van der Waals surface area contributed by atoms with Gasteiger partial charge in [-0.05, 0) is 48.6 Å². The monoisotopic (exact) mass is 567 g/mol. The highest BCUT2D eigenvalue weighted by Crippen LogP contribution is 2.36. The predicted molar refractivity (Wildman–Crippen MR) is 135 cm³/mol. The number of sulfonamides is 1. The lowest BCUT2D eigenvalue weighted by Gasteiger charge is -2.41. The van der Waals surface area contributed by atoms with E-state index in [0.717, 1.165) is 23.3 Å². The molecular formula is C26H28F3N3O6S. The molecule has 2 aromatic carbocycles. The van der Waals surface area contributed by atoms with Crippen LogP contribution in [-0.2, 0) is 14.8 Å². The standard InChI is InChI=1S/C26H28F3N3O6S/c27-26(28,29)38-22-8-4-7-21(17-22)23(33)31-15-11-25(12-16-31,24(34)30-35)18-39(36,37)32-13-9-20(10-14-32)19-5-2-1-3-6-19/h1-9,17,35H,10-16,18H2,(H,30,34). The second-order valence-corrected chi connectivity index (χ2v) is 11.5. The number of carbonyl (C=O) groups is 2. The first-order valence-electron chi connectivity index (χ1n) is 12.2. The number of benzene rings is 2. The molecule has 9 nitrogen and oxygen atoms in total. The van der Waals surface area contributed by atoms with Crippen LogP contribution in [0.5, 0.6) is 5.75 Å². The number of hydrogen-bond donors (Lipinski definition) is 2. The lowest BCUT2D eigenvalue weighted by Crippen LogP contribution is -2.54. The average Bonchev–Trinajstić information content (AvgIpc) is 2.92. The molecule has 0 spiro atoms. The van der Waals surface area contributed by atoms with Crippen molar-refractivity contribution in [2.45, 2.75) is 25.6 Å². The van der Waals surface area contributed by atoms with Gasteiger partial charge >= 0.3 is 6.36 Å². The van der Waals surface area contributed by atoms with Crippen molar-refractivity contribution in [3.63, 3.8) is 0 Å². The first-order valence-corrected chi connectivity index (χ1v) is 13.9. The van der Waals surface area contributed by atoms with Crippen molar-refractivity contribution >= 4 is 27.4 Å². The molecule has 0 unspecified atom stereocenters. The van der Waals surface area contributed by atoms with Crippen molar-refractivity contribution in [2.24, 2.45) is 5.41 Å². The van der Waals surface area contributed by atoms with Gasteiger partial charge in [0.2, 0.25) is 10.0 Å². The van der Waals surface area contributed by atoms with Gasteiger partial charge in [-0.15, -0.1) is 13.2 Å². The maximum atomic E-state index is 13.4. The maximum Gasteiger partial charge on any atom is 0.573 e. The van der Waals surface area contributed by atoms with Gasteiger partial charge in [-0.2, -0.15) is 4.31 Å². The second-order valence-electron chi connectivity index (χ2n) is 9.55. The molecule has 1 saturated heterocycles. The molecule has 4 rings (SSSR count). The number of likely N-dealkylation sites (tertiary alicyclic amines) is 1. The topological polar surface area (TPSA) is 116 Å². The Kier molecular flexibility index (Phi) is 8.33. The molecule has 2 aliphatic rings. The highest BCUT2D eigenvalue weighted by atomic mass is 32.2. The summed E-state index contributed by atoms with van der Waals surface area (Å²) in [6.07, 6.45) is -2.71. The van der Waals surface area contributed by atoms with E-state index >= 15 is 0 Å². The smallest absolute Gasteiger partial charge is 0.406 e. The van der Waals surface area contributed by atoms with Crippen LogP contribution in [0, 0.1) is 5.41 Å². The number of nitrogens with zero attached hydrogens (tertiary/aromatic N) is 2. The van der Waals surface area contributed by atoms with Gasteiger partial charge in [0.25, 0.3) is 11.8 Å². The summed E-state index contributed by atoms with van der Waals surface area (Å²) >= 11 is 0. The third kappa shape index (κ3) is 6.78. The Labute approximate surface area is 223 Å².